The second-order valence-electron chi connectivity index (χ2n) is 5.36. The standard InChI is InChI=1S/C12H26N2O/c1-9(2)8-10(3)15-7-6-12(4,5)11(13)14/h9-10H,6-8H2,1-5H3,(H3,13,14). The van der Waals surface area contributed by atoms with Crippen LogP contribution in [-0.4, -0.2) is 18.5 Å². The maximum absolute atomic E-state index is 7.42. The Morgan fingerprint density at radius 3 is 2.27 bits per heavy atom. The number of rotatable bonds is 7. The smallest absolute Gasteiger partial charge is 0.0963 e. The average molecular weight is 214 g/mol. The molecule has 0 aliphatic carbocycles. The van der Waals surface area contributed by atoms with E-state index in [4.69, 9.17) is 15.9 Å². The van der Waals surface area contributed by atoms with Crippen molar-refractivity contribution in [3.8, 4) is 0 Å². The van der Waals surface area contributed by atoms with Crippen LogP contribution in [0.4, 0.5) is 0 Å². The monoisotopic (exact) mass is 214 g/mol. The van der Waals surface area contributed by atoms with Gasteiger partial charge in [-0.1, -0.05) is 27.7 Å². The van der Waals surface area contributed by atoms with E-state index in [0.717, 1.165) is 12.8 Å². The van der Waals surface area contributed by atoms with Gasteiger partial charge in [0.2, 0.25) is 0 Å². The van der Waals surface area contributed by atoms with E-state index < -0.39 is 0 Å². The normalized spacial score (nSPS) is 14.3. The van der Waals surface area contributed by atoms with Gasteiger partial charge in [0.15, 0.2) is 0 Å². The van der Waals surface area contributed by atoms with E-state index >= 15 is 0 Å². The third-order valence-corrected chi connectivity index (χ3v) is 2.66. The molecular weight excluding hydrogens is 188 g/mol. The number of nitrogens with one attached hydrogen (secondary N) is 1. The zero-order valence-electron chi connectivity index (χ0n) is 10.8. The van der Waals surface area contributed by atoms with Gasteiger partial charge < -0.3 is 10.5 Å². The molecule has 0 aliphatic heterocycles. The Bertz CT molecular complexity index is 200. The number of hydrogen-bond donors (Lipinski definition) is 2. The zero-order valence-corrected chi connectivity index (χ0v) is 10.8. The van der Waals surface area contributed by atoms with Crippen molar-refractivity contribution in [1.29, 1.82) is 5.41 Å². The van der Waals surface area contributed by atoms with Crippen molar-refractivity contribution >= 4 is 5.84 Å². The van der Waals surface area contributed by atoms with Gasteiger partial charge in [-0.3, -0.25) is 5.41 Å². The largest absolute Gasteiger partial charge is 0.387 e. The molecule has 0 spiro atoms. The minimum Gasteiger partial charge on any atom is -0.387 e. The van der Waals surface area contributed by atoms with Gasteiger partial charge in [0, 0.05) is 12.0 Å². The molecule has 0 aromatic rings. The van der Waals surface area contributed by atoms with E-state index in [1.807, 2.05) is 13.8 Å². The molecule has 0 bridgehead atoms. The summed E-state index contributed by atoms with van der Waals surface area (Å²) in [6.07, 6.45) is 2.19. The third kappa shape index (κ3) is 6.50. The fraction of sp³-hybridized carbons (Fsp3) is 0.917. The predicted molar refractivity (Wildman–Crippen MR) is 65.2 cm³/mol. The summed E-state index contributed by atoms with van der Waals surface area (Å²) < 4.78 is 5.69. The Hall–Kier alpha value is -0.570. The van der Waals surface area contributed by atoms with Crippen molar-refractivity contribution in [3.05, 3.63) is 0 Å². The topological polar surface area (TPSA) is 59.1 Å². The molecule has 0 amide bonds. The van der Waals surface area contributed by atoms with Crippen molar-refractivity contribution < 1.29 is 4.74 Å². The van der Waals surface area contributed by atoms with Gasteiger partial charge in [0.1, 0.15) is 0 Å². The van der Waals surface area contributed by atoms with E-state index in [0.29, 0.717) is 18.6 Å². The highest BCUT2D eigenvalue weighted by molar-refractivity contribution is 5.82. The third-order valence-electron chi connectivity index (χ3n) is 2.66. The predicted octanol–water partition coefficient (Wildman–Crippen LogP) is 2.79. The van der Waals surface area contributed by atoms with E-state index in [1.54, 1.807) is 0 Å². The second kappa shape index (κ2) is 6.11. The highest BCUT2D eigenvalue weighted by atomic mass is 16.5. The van der Waals surface area contributed by atoms with Gasteiger partial charge in [0.05, 0.1) is 11.9 Å². The minimum absolute atomic E-state index is 0.239. The van der Waals surface area contributed by atoms with Crippen LogP contribution >= 0.6 is 0 Å². The molecule has 0 saturated carbocycles. The molecule has 3 nitrogen and oxygen atoms in total. The van der Waals surface area contributed by atoms with Crippen molar-refractivity contribution in [3.63, 3.8) is 0 Å². The number of nitrogens with two attached hydrogens (primary N) is 1. The van der Waals surface area contributed by atoms with Crippen LogP contribution < -0.4 is 5.73 Å². The summed E-state index contributed by atoms with van der Waals surface area (Å²) in [5, 5.41) is 7.42. The summed E-state index contributed by atoms with van der Waals surface area (Å²) in [4.78, 5) is 0. The Kier molecular flexibility index (Phi) is 5.88. The summed E-state index contributed by atoms with van der Waals surface area (Å²) in [6.45, 7) is 11.1. The van der Waals surface area contributed by atoms with Crippen LogP contribution in [0, 0.1) is 16.7 Å². The average Bonchev–Trinajstić information content (AvgIpc) is 2.01. The first-order valence-electron chi connectivity index (χ1n) is 5.72. The highest BCUT2D eigenvalue weighted by Crippen LogP contribution is 2.20. The van der Waals surface area contributed by atoms with Gasteiger partial charge >= 0.3 is 0 Å². The van der Waals surface area contributed by atoms with Crippen LogP contribution in [-0.2, 0) is 4.74 Å². The molecule has 1 atom stereocenters. The van der Waals surface area contributed by atoms with Crippen molar-refractivity contribution in [1.82, 2.24) is 0 Å². The minimum atomic E-state index is -0.239. The van der Waals surface area contributed by atoms with E-state index in [1.165, 1.54) is 0 Å². The molecule has 0 heterocycles. The van der Waals surface area contributed by atoms with Crippen LogP contribution in [0.5, 0.6) is 0 Å². The molecule has 3 N–H and O–H groups in total. The molecule has 0 aromatic carbocycles. The van der Waals surface area contributed by atoms with Crippen LogP contribution in [0.25, 0.3) is 0 Å². The van der Waals surface area contributed by atoms with Crippen LogP contribution in [0.2, 0.25) is 0 Å². The Morgan fingerprint density at radius 2 is 1.87 bits per heavy atom. The van der Waals surface area contributed by atoms with Crippen molar-refractivity contribution in [2.45, 2.75) is 53.6 Å². The fourth-order valence-corrected chi connectivity index (χ4v) is 1.38. The van der Waals surface area contributed by atoms with Crippen molar-refractivity contribution in [2.24, 2.45) is 17.1 Å². The molecule has 1 unspecified atom stereocenters. The summed E-state index contributed by atoms with van der Waals surface area (Å²) in [5.41, 5.74) is 5.26. The first-order valence-corrected chi connectivity index (χ1v) is 5.72. The van der Waals surface area contributed by atoms with Crippen molar-refractivity contribution in [2.75, 3.05) is 6.61 Å². The fourth-order valence-electron chi connectivity index (χ4n) is 1.38. The van der Waals surface area contributed by atoms with Gasteiger partial charge in [0.25, 0.3) is 0 Å². The molecule has 0 radical (unpaired) electrons. The molecule has 0 aromatic heterocycles. The lowest BCUT2D eigenvalue weighted by atomic mass is 9.88. The maximum atomic E-state index is 7.42. The molecule has 15 heavy (non-hydrogen) atoms. The molecular formula is C12H26N2O. The molecule has 3 heteroatoms. The summed E-state index contributed by atoms with van der Waals surface area (Å²) >= 11 is 0. The second-order valence-corrected chi connectivity index (χ2v) is 5.36. The molecule has 0 rings (SSSR count). The first-order chi connectivity index (χ1) is 6.75. The lowest BCUT2D eigenvalue weighted by Crippen LogP contribution is -2.32. The lowest BCUT2D eigenvalue weighted by molar-refractivity contribution is 0.0414. The highest BCUT2D eigenvalue weighted by Gasteiger charge is 2.21. The maximum Gasteiger partial charge on any atom is 0.0963 e. The lowest BCUT2D eigenvalue weighted by Gasteiger charge is -2.24. The number of hydrogen-bond acceptors (Lipinski definition) is 2. The zero-order chi connectivity index (χ0) is 12.1. The molecule has 0 saturated heterocycles. The van der Waals surface area contributed by atoms with Crippen LogP contribution in [0.3, 0.4) is 0 Å². The van der Waals surface area contributed by atoms with E-state index in [9.17, 15) is 0 Å². The molecule has 90 valence electrons. The van der Waals surface area contributed by atoms with Gasteiger partial charge in [-0.05, 0) is 25.7 Å². The van der Waals surface area contributed by atoms with Crippen LogP contribution in [0.1, 0.15) is 47.5 Å². The summed E-state index contributed by atoms with van der Waals surface area (Å²) in [6, 6.07) is 0. The number of amidine groups is 1. The Balaban J connectivity index is 3.74. The first kappa shape index (κ1) is 14.4. The van der Waals surface area contributed by atoms with E-state index in [2.05, 4.69) is 20.8 Å². The molecule has 0 aliphatic rings. The SMILES string of the molecule is CC(C)CC(C)OCCC(C)(C)C(=N)N. The summed E-state index contributed by atoms with van der Waals surface area (Å²) in [5.74, 6) is 0.906. The van der Waals surface area contributed by atoms with Gasteiger partial charge in [-0.15, -0.1) is 0 Å². The summed E-state index contributed by atoms with van der Waals surface area (Å²) in [7, 11) is 0. The van der Waals surface area contributed by atoms with Crippen LogP contribution in [0.15, 0.2) is 0 Å². The van der Waals surface area contributed by atoms with Gasteiger partial charge in [-0.25, -0.2) is 0 Å². The van der Waals surface area contributed by atoms with Gasteiger partial charge in [-0.2, -0.15) is 0 Å². The number of ether oxygens (including phenoxy) is 1. The molecule has 0 fully saturated rings. The quantitative estimate of drug-likeness (QED) is 0.505. The Labute approximate surface area is 93.9 Å². The van der Waals surface area contributed by atoms with E-state index in [-0.39, 0.29) is 11.3 Å². The Morgan fingerprint density at radius 1 is 1.33 bits per heavy atom.